The third-order valence-corrected chi connectivity index (χ3v) is 3.38. The molecular weight excluding hydrogens is 298 g/mol. The number of nitrogens with zero attached hydrogens (tertiary/aromatic N) is 5. The van der Waals surface area contributed by atoms with Crippen LogP contribution in [0, 0.1) is 10.1 Å². The Bertz CT molecular complexity index is 714. The van der Waals surface area contributed by atoms with E-state index in [0.717, 1.165) is 10.9 Å². The first-order valence-corrected chi connectivity index (χ1v) is 7.11. The maximum Gasteiger partial charge on any atom is 0.410 e. The van der Waals surface area contributed by atoms with Crippen LogP contribution < -0.4 is 0 Å². The molecule has 0 aliphatic carbocycles. The molecule has 0 aliphatic rings. The molecule has 0 N–H and O–H groups in total. The van der Waals surface area contributed by atoms with Crippen LogP contribution in [-0.2, 0) is 15.6 Å². The number of nitro groups is 1. The molecule has 0 fully saturated rings. The zero-order valence-electron chi connectivity index (χ0n) is 9.17. The Morgan fingerprint density at radius 3 is 2.47 bits per heavy atom. The lowest BCUT2D eigenvalue weighted by atomic mass is 10.5. The summed E-state index contributed by atoms with van der Waals surface area (Å²) in [7, 11) is 0.864. The molecule has 0 amide bonds. The van der Waals surface area contributed by atoms with E-state index in [0.29, 0.717) is 5.82 Å². The molecule has 0 spiro atoms. The van der Waals surface area contributed by atoms with Gasteiger partial charge in [0.05, 0.1) is 11.3 Å². The van der Waals surface area contributed by atoms with Gasteiger partial charge in [-0.05, 0) is 11.0 Å². The molecule has 0 aromatic carbocycles. The Morgan fingerprint density at radius 1 is 1.37 bits per heavy atom. The molecule has 100 valence electrons. The van der Waals surface area contributed by atoms with Crippen molar-refractivity contribution in [3.63, 3.8) is 0 Å². The van der Waals surface area contributed by atoms with Crippen molar-refractivity contribution in [3.05, 3.63) is 40.6 Å². The highest BCUT2D eigenvalue weighted by atomic mass is 35.7. The Hall–Kier alpha value is -2.07. The van der Waals surface area contributed by atoms with Crippen LogP contribution in [0.3, 0.4) is 0 Å². The fraction of sp³-hybridized carbons (Fsp3) is 0.125. The van der Waals surface area contributed by atoms with Gasteiger partial charge in [-0.15, -0.1) is 0 Å². The molecule has 19 heavy (non-hydrogen) atoms. The highest BCUT2D eigenvalue weighted by Crippen LogP contribution is 2.25. The van der Waals surface area contributed by atoms with Gasteiger partial charge in [-0.25, -0.2) is 18.4 Å². The quantitative estimate of drug-likeness (QED) is 0.459. The Balaban J connectivity index is 2.42. The van der Waals surface area contributed by atoms with E-state index in [4.69, 9.17) is 10.7 Å². The van der Waals surface area contributed by atoms with Crippen molar-refractivity contribution in [1.29, 1.82) is 0 Å². The van der Waals surface area contributed by atoms with Crippen molar-refractivity contribution < 1.29 is 13.3 Å². The molecule has 2 heterocycles. The van der Waals surface area contributed by atoms with Gasteiger partial charge >= 0.3 is 5.82 Å². The predicted octanol–water partition coefficient (Wildman–Crippen LogP) is 0.557. The topological polar surface area (TPSA) is 121 Å². The monoisotopic (exact) mass is 303 g/mol. The fourth-order valence-electron chi connectivity index (χ4n) is 1.33. The van der Waals surface area contributed by atoms with Crippen LogP contribution in [0.5, 0.6) is 0 Å². The van der Waals surface area contributed by atoms with E-state index >= 15 is 0 Å². The predicted molar refractivity (Wildman–Crippen MR) is 63.1 cm³/mol. The Morgan fingerprint density at radius 2 is 2.00 bits per heavy atom. The maximum atomic E-state index is 11.2. The molecule has 0 radical (unpaired) electrons. The van der Waals surface area contributed by atoms with Gasteiger partial charge in [-0.3, -0.25) is 0 Å². The van der Waals surface area contributed by atoms with Crippen molar-refractivity contribution in [2.45, 2.75) is 11.4 Å². The van der Waals surface area contributed by atoms with Gasteiger partial charge in [0.15, 0.2) is 5.82 Å². The molecule has 0 bridgehead atoms. The molecule has 0 saturated heterocycles. The molecule has 11 heteroatoms. The summed E-state index contributed by atoms with van der Waals surface area (Å²) in [4.78, 5) is 16.9. The lowest BCUT2D eigenvalue weighted by molar-refractivity contribution is -0.392. The van der Waals surface area contributed by atoms with Crippen LogP contribution in [0.1, 0.15) is 5.82 Å². The van der Waals surface area contributed by atoms with E-state index in [9.17, 15) is 18.5 Å². The molecule has 2 aromatic rings. The third-order valence-electron chi connectivity index (χ3n) is 2.07. The first-order valence-electron chi connectivity index (χ1n) is 4.80. The lowest BCUT2D eigenvalue weighted by Crippen LogP contribution is -2.04. The zero-order chi connectivity index (χ0) is 14.0. The summed E-state index contributed by atoms with van der Waals surface area (Å²) >= 11 is 0. The standard InChI is InChI=1S/C8H6ClN5O4S/c9-19(17,18)6-4-13(12-8(6)14(15)16)5-7-10-2-1-3-11-7/h1-4H,5H2. The summed E-state index contributed by atoms with van der Waals surface area (Å²) in [6.07, 6.45) is 3.94. The minimum atomic E-state index is -4.24. The van der Waals surface area contributed by atoms with E-state index < -0.39 is 24.7 Å². The van der Waals surface area contributed by atoms with Crippen LogP contribution >= 0.6 is 10.7 Å². The number of rotatable bonds is 4. The lowest BCUT2D eigenvalue weighted by Gasteiger charge is -1.94. The van der Waals surface area contributed by atoms with Gasteiger partial charge in [-0.2, -0.15) is 4.68 Å². The number of hydrogen-bond acceptors (Lipinski definition) is 7. The van der Waals surface area contributed by atoms with Gasteiger partial charge < -0.3 is 10.1 Å². The van der Waals surface area contributed by atoms with Crippen molar-refractivity contribution in [2.24, 2.45) is 0 Å². The maximum absolute atomic E-state index is 11.2. The van der Waals surface area contributed by atoms with E-state index in [1.807, 2.05) is 0 Å². The number of hydrogen-bond donors (Lipinski definition) is 0. The molecule has 0 unspecified atom stereocenters. The van der Waals surface area contributed by atoms with Crippen molar-refractivity contribution in [3.8, 4) is 0 Å². The third kappa shape index (κ3) is 3.03. The minimum Gasteiger partial charge on any atom is -0.358 e. The molecule has 0 saturated carbocycles. The summed E-state index contributed by atoms with van der Waals surface area (Å²) in [6.45, 7) is -0.00586. The van der Waals surface area contributed by atoms with Gasteiger partial charge in [-0.1, -0.05) is 0 Å². The SMILES string of the molecule is O=[N+]([O-])c1nn(Cc2ncccn2)cc1S(=O)(=O)Cl. The van der Waals surface area contributed by atoms with E-state index in [2.05, 4.69) is 15.1 Å². The first kappa shape index (κ1) is 13.4. The number of halogens is 1. The van der Waals surface area contributed by atoms with Crippen molar-refractivity contribution >= 4 is 25.6 Å². The Labute approximate surface area is 111 Å². The van der Waals surface area contributed by atoms with Crippen LogP contribution in [0.25, 0.3) is 0 Å². The highest BCUT2D eigenvalue weighted by molar-refractivity contribution is 8.13. The summed E-state index contributed by atoms with van der Waals surface area (Å²) in [6, 6.07) is 1.60. The minimum absolute atomic E-state index is 0.00586. The van der Waals surface area contributed by atoms with Gasteiger partial charge in [0.1, 0.15) is 6.54 Å². The summed E-state index contributed by atoms with van der Waals surface area (Å²) < 4.78 is 23.4. The zero-order valence-corrected chi connectivity index (χ0v) is 10.7. The molecule has 2 aromatic heterocycles. The van der Waals surface area contributed by atoms with Crippen LogP contribution in [0.2, 0.25) is 0 Å². The van der Waals surface area contributed by atoms with Crippen LogP contribution in [0.15, 0.2) is 29.6 Å². The van der Waals surface area contributed by atoms with E-state index in [1.165, 1.54) is 12.4 Å². The molecule has 0 atom stereocenters. The largest absolute Gasteiger partial charge is 0.410 e. The molecule has 2 rings (SSSR count). The second-order valence-corrected chi connectivity index (χ2v) is 5.91. The number of aromatic nitrogens is 4. The first-order chi connectivity index (χ1) is 8.88. The average Bonchev–Trinajstić information content (AvgIpc) is 2.74. The van der Waals surface area contributed by atoms with E-state index in [1.54, 1.807) is 6.07 Å². The van der Waals surface area contributed by atoms with Gasteiger partial charge in [0.25, 0.3) is 9.05 Å². The second kappa shape index (κ2) is 4.90. The highest BCUT2D eigenvalue weighted by Gasteiger charge is 2.30. The fourth-order valence-corrected chi connectivity index (χ4v) is 2.24. The Kier molecular flexibility index (Phi) is 3.44. The van der Waals surface area contributed by atoms with Gasteiger partial charge in [0, 0.05) is 23.1 Å². The summed E-state index contributed by atoms with van der Waals surface area (Å²) in [5.41, 5.74) is 0. The summed E-state index contributed by atoms with van der Waals surface area (Å²) in [5, 5.41) is 14.3. The van der Waals surface area contributed by atoms with Gasteiger partial charge in [0.2, 0.25) is 4.90 Å². The van der Waals surface area contributed by atoms with Crippen molar-refractivity contribution in [1.82, 2.24) is 19.7 Å². The van der Waals surface area contributed by atoms with Crippen LogP contribution in [-0.4, -0.2) is 33.1 Å². The van der Waals surface area contributed by atoms with E-state index in [-0.39, 0.29) is 6.54 Å². The van der Waals surface area contributed by atoms with Crippen LogP contribution in [0.4, 0.5) is 5.82 Å². The molecular formula is C8H6ClN5O4S. The second-order valence-electron chi connectivity index (χ2n) is 3.37. The smallest absolute Gasteiger partial charge is 0.358 e. The average molecular weight is 304 g/mol. The normalized spacial score (nSPS) is 11.4. The molecule has 9 nitrogen and oxygen atoms in total. The summed E-state index contributed by atoms with van der Waals surface area (Å²) in [5.74, 6) is -0.496. The molecule has 0 aliphatic heterocycles. The van der Waals surface area contributed by atoms with Crippen molar-refractivity contribution in [2.75, 3.05) is 0 Å².